The van der Waals surface area contributed by atoms with Crippen molar-refractivity contribution >= 4 is 32.6 Å². The van der Waals surface area contributed by atoms with Crippen LogP contribution in [0, 0.1) is 5.82 Å². The molecule has 0 unspecified atom stereocenters. The van der Waals surface area contributed by atoms with Crippen LogP contribution >= 0.6 is 11.3 Å². The molecule has 1 aliphatic rings. The van der Waals surface area contributed by atoms with E-state index in [9.17, 15) is 35.5 Å². The minimum absolute atomic E-state index is 0.0178. The lowest BCUT2D eigenvalue weighted by Gasteiger charge is -2.28. The molecule has 36 heavy (non-hydrogen) atoms. The number of thiazole rings is 1. The van der Waals surface area contributed by atoms with Gasteiger partial charge in [-0.1, -0.05) is 11.3 Å². The van der Waals surface area contributed by atoms with Crippen LogP contribution in [0.5, 0.6) is 0 Å². The van der Waals surface area contributed by atoms with Gasteiger partial charge in [-0.25, -0.2) is 9.37 Å². The molecule has 194 valence electrons. The molecule has 0 N–H and O–H groups in total. The van der Waals surface area contributed by atoms with Gasteiger partial charge >= 0.3 is 12.4 Å². The van der Waals surface area contributed by atoms with E-state index in [-0.39, 0.29) is 17.7 Å². The molecule has 2 aromatic carbocycles. The summed E-state index contributed by atoms with van der Waals surface area (Å²) in [5, 5.41) is 0.0496. The number of carbonyl (C=O) groups is 1. The Morgan fingerprint density at radius 2 is 1.64 bits per heavy atom. The van der Waals surface area contributed by atoms with Crippen molar-refractivity contribution < 1.29 is 40.3 Å². The van der Waals surface area contributed by atoms with E-state index >= 15 is 0 Å². The number of rotatable bonds is 6. The predicted molar refractivity (Wildman–Crippen MR) is 120 cm³/mol. The molecular weight excluding hydrogens is 515 g/mol. The SMILES string of the molecule is O=C(c1cc(C(F)(F)F)cc(C(F)(F)F)c1)N(CCCN1CCOCC1)c1nc2ccc(F)cc2s1. The monoisotopic (exact) mass is 535 g/mol. The average Bonchev–Trinajstić information content (AvgIpc) is 3.23. The van der Waals surface area contributed by atoms with Crippen LogP contribution in [0.4, 0.5) is 35.9 Å². The molecule has 0 atom stereocenters. The molecule has 0 aliphatic carbocycles. The Bertz CT molecular complexity index is 1200. The zero-order chi connectivity index (χ0) is 26.1. The Labute approximate surface area is 205 Å². The van der Waals surface area contributed by atoms with Gasteiger partial charge in [-0.3, -0.25) is 14.6 Å². The molecule has 4 rings (SSSR count). The lowest BCUT2D eigenvalue weighted by atomic mass is 10.0. The standard InChI is InChI=1S/C23H20F7N3O2S/c24-17-2-3-18-19(13-17)36-21(31-18)33(5-1-4-32-6-8-35-9-7-32)20(34)14-10-15(22(25,26)27)12-16(11-14)23(28,29)30/h2-3,10-13H,1,4-9H2. The van der Waals surface area contributed by atoms with Gasteiger partial charge in [0.05, 0.1) is 34.6 Å². The van der Waals surface area contributed by atoms with E-state index in [1.54, 1.807) is 0 Å². The molecule has 1 aromatic heterocycles. The average molecular weight is 535 g/mol. The summed E-state index contributed by atoms with van der Waals surface area (Å²) in [5.41, 5.74) is -3.59. The first-order valence-electron chi connectivity index (χ1n) is 10.9. The van der Waals surface area contributed by atoms with Gasteiger partial charge in [0.25, 0.3) is 5.91 Å². The van der Waals surface area contributed by atoms with Crippen LogP contribution in [0.15, 0.2) is 36.4 Å². The molecule has 0 bridgehead atoms. The number of aromatic nitrogens is 1. The number of nitrogens with zero attached hydrogens (tertiary/aromatic N) is 3. The highest BCUT2D eigenvalue weighted by molar-refractivity contribution is 7.22. The number of alkyl halides is 6. The first kappa shape index (κ1) is 26.3. The van der Waals surface area contributed by atoms with Gasteiger partial charge < -0.3 is 4.74 Å². The van der Waals surface area contributed by atoms with Crippen molar-refractivity contribution in [2.45, 2.75) is 18.8 Å². The van der Waals surface area contributed by atoms with Crippen molar-refractivity contribution in [2.24, 2.45) is 0 Å². The number of hydrogen-bond acceptors (Lipinski definition) is 5. The van der Waals surface area contributed by atoms with Crippen LogP contribution in [0.1, 0.15) is 27.9 Å². The van der Waals surface area contributed by atoms with Crippen molar-refractivity contribution in [2.75, 3.05) is 44.3 Å². The largest absolute Gasteiger partial charge is 0.416 e. The quantitative estimate of drug-likeness (QED) is 0.372. The maximum absolute atomic E-state index is 13.7. The fourth-order valence-corrected chi connectivity index (χ4v) is 4.81. The Hall–Kier alpha value is -2.77. The number of amides is 1. The highest BCUT2D eigenvalue weighted by Gasteiger charge is 2.38. The summed E-state index contributed by atoms with van der Waals surface area (Å²) in [7, 11) is 0. The Morgan fingerprint density at radius 3 is 2.25 bits per heavy atom. The summed E-state index contributed by atoms with van der Waals surface area (Å²) >= 11 is 0.924. The topological polar surface area (TPSA) is 45.7 Å². The second-order valence-electron chi connectivity index (χ2n) is 8.17. The number of hydrogen-bond donors (Lipinski definition) is 0. The van der Waals surface area contributed by atoms with E-state index in [1.807, 2.05) is 0 Å². The van der Waals surface area contributed by atoms with Crippen molar-refractivity contribution in [3.8, 4) is 0 Å². The Morgan fingerprint density at radius 1 is 1.00 bits per heavy atom. The number of carbonyl (C=O) groups excluding carboxylic acids is 1. The van der Waals surface area contributed by atoms with E-state index in [0.717, 1.165) is 16.2 Å². The molecule has 0 radical (unpaired) electrons. The summed E-state index contributed by atoms with van der Waals surface area (Å²) in [6.07, 6.45) is -9.81. The molecular formula is C23H20F7N3O2S. The van der Waals surface area contributed by atoms with E-state index in [4.69, 9.17) is 4.74 Å². The second kappa shape index (κ2) is 10.3. The lowest BCUT2D eigenvalue weighted by molar-refractivity contribution is -0.143. The van der Waals surface area contributed by atoms with Crippen molar-refractivity contribution in [1.29, 1.82) is 0 Å². The predicted octanol–water partition coefficient (Wildman–Crippen LogP) is 5.84. The van der Waals surface area contributed by atoms with Gasteiger partial charge in [-0.15, -0.1) is 0 Å². The van der Waals surface area contributed by atoms with Gasteiger partial charge in [-0.05, 0) is 42.8 Å². The van der Waals surface area contributed by atoms with Crippen LogP contribution < -0.4 is 4.90 Å². The Balaban J connectivity index is 1.70. The summed E-state index contributed by atoms with van der Waals surface area (Å²) < 4.78 is 99.5. The number of anilines is 1. The highest BCUT2D eigenvalue weighted by Crippen LogP contribution is 2.37. The zero-order valence-corrected chi connectivity index (χ0v) is 19.4. The number of fused-ring (bicyclic) bond motifs is 1. The van der Waals surface area contributed by atoms with Crippen molar-refractivity contribution in [1.82, 2.24) is 9.88 Å². The van der Waals surface area contributed by atoms with E-state index in [2.05, 4.69) is 9.88 Å². The fourth-order valence-electron chi connectivity index (χ4n) is 3.80. The summed E-state index contributed by atoms with van der Waals surface area (Å²) in [6, 6.07) is 4.52. The third-order valence-corrected chi connectivity index (χ3v) is 6.65. The molecule has 13 heteroatoms. The molecule has 5 nitrogen and oxygen atoms in total. The van der Waals surface area contributed by atoms with Crippen LogP contribution in [-0.2, 0) is 17.1 Å². The highest BCUT2D eigenvalue weighted by atomic mass is 32.1. The first-order chi connectivity index (χ1) is 16.9. The smallest absolute Gasteiger partial charge is 0.379 e. The van der Waals surface area contributed by atoms with Gasteiger partial charge in [0.15, 0.2) is 5.13 Å². The molecule has 0 spiro atoms. The van der Waals surface area contributed by atoms with Crippen LogP contribution in [0.2, 0.25) is 0 Å². The molecule has 3 aromatic rings. The van der Waals surface area contributed by atoms with E-state index in [1.165, 1.54) is 18.2 Å². The minimum atomic E-state index is -5.09. The van der Waals surface area contributed by atoms with Crippen molar-refractivity contribution in [3.63, 3.8) is 0 Å². The molecule has 1 amide bonds. The number of ether oxygens (including phenoxy) is 1. The normalized spacial score (nSPS) is 15.4. The third-order valence-electron chi connectivity index (χ3n) is 5.61. The molecule has 2 heterocycles. The van der Waals surface area contributed by atoms with Crippen LogP contribution in [0.25, 0.3) is 10.2 Å². The Kier molecular flexibility index (Phi) is 7.53. The van der Waals surface area contributed by atoms with Gasteiger partial charge in [0.1, 0.15) is 5.82 Å². The van der Waals surface area contributed by atoms with E-state index in [0.29, 0.717) is 61.6 Å². The van der Waals surface area contributed by atoms with Crippen LogP contribution in [0.3, 0.4) is 0 Å². The summed E-state index contributed by atoms with van der Waals surface area (Å²) in [6.45, 7) is 2.92. The van der Waals surface area contributed by atoms with Crippen molar-refractivity contribution in [3.05, 3.63) is 58.9 Å². The first-order valence-corrected chi connectivity index (χ1v) is 11.7. The fraction of sp³-hybridized carbons (Fsp3) is 0.391. The number of benzene rings is 2. The lowest BCUT2D eigenvalue weighted by Crippen LogP contribution is -2.39. The van der Waals surface area contributed by atoms with Crippen LogP contribution in [-0.4, -0.2) is 55.2 Å². The van der Waals surface area contributed by atoms with Gasteiger partial charge in [0.2, 0.25) is 0 Å². The minimum Gasteiger partial charge on any atom is -0.379 e. The molecule has 1 saturated heterocycles. The maximum atomic E-state index is 13.7. The van der Waals surface area contributed by atoms with Gasteiger partial charge in [-0.2, -0.15) is 26.3 Å². The number of halogens is 7. The van der Waals surface area contributed by atoms with E-state index < -0.39 is 40.8 Å². The molecule has 0 saturated carbocycles. The third kappa shape index (κ3) is 6.13. The maximum Gasteiger partial charge on any atom is 0.416 e. The molecule has 1 aliphatic heterocycles. The summed E-state index contributed by atoms with van der Waals surface area (Å²) in [4.78, 5) is 20.8. The van der Waals surface area contributed by atoms with Gasteiger partial charge in [0, 0.05) is 31.7 Å². The molecule has 1 fully saturated rings. The number of morpholine rings is 1. The zero-order valence-electron chi connectivity index (χ0n) is 18.6. The second-order valence-corrected chi connectivity index (χ2v) is 9.18. The summed E-state index contributed by atoms with van der Waals surface area (Å²) in [5.74, 6) is -1.61.